The van der Waals surface area contributed by atoms with E-state index in [1.165, 1.54) is 5.56 Å². The van der Waals surface area contributed by atoms with E-state index in [-0.39, 0.29) is 6.04 Å². The minimum Gasteiger partial charge on any atom is -0.496 e. The monoisotopic (exact) mass is 785 g/mol. The number of ether oxygens (including phenoxy) is 3. The second-order valence-electron chi connectivity index (χ2n) is 15.5. The molecule has 7 rings (SSSR count). The number of nitrogens with zero attached hydrogens (tertiary/aromatic N) is 4. The summed E-state index contributed by atoms with van der Waals surface area (Å²) in [5.41, 5.74) is 6.77. The second kappa shape index (κ2) is 16.5. The van der Waals surface area contributed by atoms with Crippen molar-refractivity contribution in [2.24, 2.45) is 12.5 Å². The zero-order valence-corrected chi connectivity index (χ0v) is 33.6. The highest BCUT2D eigenvalue weighted by Gasteiger charge is 2.41. The molecular formula is C43H49Cl2N5O5. The van der Waals surface area contributed by atoms with Gasteiger partial charge in [-0.2, -0.15) is 0 Å². The summed E-state index contributed by atoms with van der Waals surface area (Å²) in [5, 5.41) is 16.3. The Morgan fingerprint density at radius 2 is 1.67 bits per heavy atom. The molecule has 0 spiro atoms. The maximum absolute atomic E-state index is 12.9. The predicted molar refractivity (Wildman–Crippen MR) is 218 cm³/mol. The first-order valence-electron chi connectivity index (χ1n) is 18.9. The molecule has 2 N–H and O–H groups in total. The third-order valence-electron chi connectivity index (χ3n) is 10.9. The van der Waals surface area contributed by atoms with E-state index >= 15 is 0 Å². The van der Waals surface area contributed by atoms with E-state index in [1.807, 2.05) is 55.6 Å². The Kier molecular flexibility index (Phi) is 11.7. The molecule has 0 bridgehead atoms. The summed E-state index contributed by atoms with van der Waals surface area (Å²) in [6.45, 7) is 9.59. The van der Waals surface area contributed by atoms with Gasteiger partial charge in [-0.3, -0.25) is 9.88 Å². The molecule has 290 valence electrons. The highest BCUT2D eigenvalue weighted by molar-refractivity contribution is 6.39. The molecule has 55 heavy (non-hydrogen) atoms. The minimum atomic E-state index is -0.962. The topological polar surface area (TPSA) is 111 Å². The highest BCUT2D eigenvalue weighted by atomic mass is 35.5. The molecular weight excluding hydrogens is 737 g/mol. The molecule has 1 amide bonds. The van der Waals surface area contributed by atoms with Gasteiger partial charge in [0.05, 0.1) is 34.6 Å². The van der Waals surface area contributed by atoms with Crippen LogP contribution in [0.4, 0.5) is 4.79 Å². The number of halogens is 2. The van der Waals surface area contributed by atoms with E-state index in [0.717, 1.165) is 77.1 Å². The van der Waals surface area contributed by atoms with Crippen LogP contribution in [0.2, 0.25) is 10.0 Å². The molecule has 0 radical (unpaired) electrons. The Morgan fingerprint density at radius 3 is 2.36 bits per heavy atom. The molecule has 2 aliphatic rings. The fourth-order valence-corrected chi connectivity index (χ4v) is 8.78. The summed E-state index contributed by atoms with van der Waals surface area (Å²) in [7, 11) is 3.62. The summed E-state index contributed by atoms with van der Waals surface area (Å²) < 4.78 is 19.1. The summed E-state index contributed by atoms with van der Waals surface area (Å²) in [6.07, 6.45) is 6.23. The zero-order chi connectivity index (χ0) is 38.9. The van der Waals surface area contributed by atoms with Crippen molar-refractivity contribution >= 4 is 40.3 Å². The molecule has 2 aliphatic heterocycles. The van der Waals surface area contributed by atoms with Crippen molar-refractivity contribution in [1.82, 2.24) is 24.8 Å². The van der Waals surface area contributed by atoms with Crippen LogP contribution in [0.25, 0.3) is 44.7 Å². The van der Waals surface area contributed by atoms with Crippen LogP contribution in [0.5, 0.6) is 5.75 Å². The lowest BCUT2D eigenvalue weighted by Crippen LogP contribution is -2.48. The van der Waals surface area contributed by atoms with E-state index in [9.17, 15) is 9.90 Å². The van der Waals surface area contributed by atoms with Gasteiger partial charge in [-0.15, -0.1) is 0 Å². The molecule has 12 heteroatoms. The number of hydrogen-bond donors (Lipinski definition) is 2. The van der Waals surface area contributed by atoms with Crippen molar-refractivity contribution in [3.8, 4) is 39.4 Å². The third kappa shape index (κ3) is 8.07. The molecule has 10 nitrogen and oxygen atoms in total. The number of aromatic nitrogens is 3. The van der Waals surface area contributed by atoms with Gasteiger partial charge in [0.25, 0.3) is 0 Å². The van der Waals surface area contributed by atoms with Crippen LogP contribution < -0.4 is 10.1 Å². The average Bonchev–Trinajstić information content (AvgIpc) is 3.50. The van der Waals surface area contributed by atoms with Gasteiger partial charge in [-0.1, -0.05) is 74.3 Å². The van der Waals surface area contributed by atoms with Crippen LogP contribution in [-0.2, 0) is 23.1 Å². The quantitative estimate of drug-likeness (QED) is 0.144. The molecule has 2 saturated heterocycles. The largest absolute Gasteiger partial charge is 0.496 e. The predicted octanol–water partition coefficient (Wildman–Crippen LogP) is 9.80. The second-order valence-corrected chi connectivity index (χ2v) is 16.3. The highest BCUT2D eigenvalue weighted by Crippen LogP contribution is 2.47. The van der Waals surface area contributed by atoms with Gasteiger partial charge in [0, 0.05) is 97.7 Å². The van der Waals surface area contributed by atoms with Gasteiger partial charge in [0.15, 0.2) is 0 Å². The molecule has 0 aliphatic carbocycles. The lowest BCUT2D eigenvalue weighted by molar-refractivity contribution is -0.00191. The number of methoxy groups -OCH3 is 1. The number of pyridine rings is 2. The summed E-state index contributed by atoms with van der Waals surface area (Å²) in [6, 6.07) is 17.5. The number of benzene rings is 2. The number of amides is 1. The lowest BCUT2D eigenvalue weighted by Gasteiger charge is -2.44. The van der Waals surface area contributed by atoms with E-state index < -0.39 is 17.6 Å². The standard InChI is InChI=1S/C43H49Cl2N5O5/c1-43(2,3)40(50(42(51)52)29-16-21-55-22-17-29)34-10-9-26(23-36(34)53-5)39-38(45)32(13-18-46-39)31-7-6-8-33(37(31)44)35-12-11-30-27(25-49(4)41(30)48-35)24-47-28-14-19-54-20-15-28/h6-13,18,23,25,28-29,40,47H,14-17,19-22,24H2,1-5H3,(H,51,52). The van der Waals surface area contributed by atoms with Gasteiger partial charge < -0.3 is 29.2 Å². The number of carboxylic acid groups (broad SMARTS) is 1. The molecule has 0 saturated carbocycles. The molecule has 1 unspecified atom stereocenters. The number of carbonyl (C=O) groups is 1. The van der Waals surface area contributed by atoms with Crippen molar-refractivity contribution in [1.29, 1.82) is 0 Å². The van der Waals surface area contributed by atoms with Crippen LogP contribution in [0.3, 0.4) is 0 Å². The molecule has 2 fully saturated rings. The number of aryl methyl sites for hydroxylation is 1. The molecule has 3 aromatic heterocycles. The van der Waals surface area contributed by atoms with Gasteiger partial charge in [-0.05, 0) is 60.9 Å². The van der Waals surface area contributed by atoms with Crippen LogP contribution in [-0.4, -0.2) is 76.3 Å². The maximum Gasteiger partial charge on any atom is 0.408 e. The minimum absolute atomic E-state index is 0.167. The molecule has 5 heterocycles. The first-order chi connectivity index (χ1) is 26.5. The van der Waals surface area contributed by atoms with Crippen molar-refractivity contribution in [3.63, 3.8) is 0 Å². The van der Waals surface area contributed by atoms with Gasteiger partial charge >= 0.3 is 6.09 Å². The lowest BCUT2D eigenvalue weighted by atomic mass is 9.79. The zero-order valence-electron chi connectivity index (χ0n) is 32.1. The van der Waals surface area contributed by atoms with Gasteiger partial charge in [0.1, 0.15) is 11.4 Å². The molecule has 5 aromatic rings. The van der Waals surface area contributed by atoms with Crippen molar-refractivity contribution in [2.45, 2.75) is 71.1 Å². The first-order valence-corrected chi connectivity index (χ1v) is 19.7. The fraction of sp³-hybridized carbons (Fsp3) is 0.419. The maximum atomic E-state index is 12.9. The molecule has 1 atom stereocenters. The summed E-state index contributed by atoms with van der Waals surface area (Å²) in [5.74, 6) is 0.559. The molecule has 2 aromatic carbocycles. The summed E-state index contributed by atoms with van der Waals surface area (Å²) >= 11 is 14.4. The van der Waals surface area contributed by atoms with Crippen molar-refractivity contribution < 1.29 is 24.1 Å². The Morgan fingerprint density at radius 1 is 0.982 bits per heavy atom. The fourth-order valence-electron chi connectivity index (χ4n) is 8.13. The number of rotatable bonds is 10. The SMILES string of the molecule is COc1cc(-c2nccc(-c3cccc(-c4ccc5c(CNC6CCOCC6)cn(C)c5n4)c3Cl)c2Cl)ccc1C(N(C(=O)O)C1CCOCC1)C(C)(C)C. The van der Waals surface area contributed by atoms with Crippen molar-refractivity contribution in [2.75, 3.05) is 33.5 Å². The number of fused-ring (bicyclic) bond motifs is 1. The van der Waals surface area contributed by atoms with E-state index in [2.05, 4.69) is 42.9 Å². The van der Waals surface area contributed by atoms with Crippen LogP contribution >= 0.6 is 23.2 Å². The van der Waals surface area contributed by atoms with E-state index in [0.29, 0.717) is 53.6 Å². The van der Waals surface area contributed by atoms with Crippen LogP contribution in [0.15, 0.2) is 67.0 Å². The Hall–Kier alpha value is -4.19. The smallest absolute Gasteiger partial charge is 0.408 e. The van der Waals surface area contributed by atoms with Gasteiger partial charge in [0.2, 0.25) is 0 Å². The Labute approximate surface area is 332 Å². The van der Waals surface area contributed by atoms with E-state index in [4.69, 9.17) is 47.4 Å². The third-order valence-corrected chi connectivity index (χ3v) is 11.7. The normalized spacial score (nSPS) is 16.3. The first kappa shape index (κ1) is 39.1. The number of hydrogen-bond acceptors (Lipinski definition) is 7. The summed E-state index contributed by atoms with van der Waals surface area (Å²) in [4.78, 5) is 24.2. The van der Waals surface area contributed by atoms with Gasteiger partial charge in [-0.25, -0.2) is 9.78 Å². The van der Waals surface area contributed by atoms with Crippen LogP contribution in [0.1, 0.15) is 63.6 Å². The average molecular weight is 787 g/mol. The number of nitrogens with one attached hydrogen (secondary N) is 1. The Bertz CT molecular complexity index is 2170. The van der Waals surface area contributed by atoms with E-state index in [1.54, 1.807) is 18.2 Å². The van der Waals surface area contributed by atoms with Crippen LogP contribution in [0, 0.1) is 5.41 Å². The Balaban J connectivity index is 1.20. The van der Waals surface area contributed by atoms with Crippen molar-refractivity contribution in [3.05, 3.63) is 88.2 Å².